The lowest BCUT2D eigenvalue weighted by Crippen LogP contribution is -2.16. The van der Waals surface area contributed by atoms with E-state index in [1.54, 1.807) is 12.1 Å². The van der Waals surface area contributed by atoms with Gasteiger partial charge in [0.15, 0.2) is 0 Å². The fourth-order valence-electron chi connectivity index (χ4n) is 1.78. The molecule has 0 heterocycles. The molecular weight excluding hydrogens is 354 g/mol. The van der Waals surface area contributed by atoms with Gasteiger partial charge in [0, 0.05) is 4.47 Å². The lowest BCUT2D eigenvalue weighted by molar-refractivity contribution is 0.0695. The molecule has 2 aromatic rings. The molecule has 0 fully saturated rings. The van der Waals surface area contributed by atoms with Gasteiger partial charge in [0.25, 0.3) is 0 Å². The van der Waals surface area contributed by atoms with Gasteiger partial charge in [0.2, 0.25) is 0 Å². The van der Waals surface area contributed by atoms with Gasteiger partial charge in [-0.3, -0.25) is 5.32 Å². The molecule has 6 nitrogen and oxygen atoms in total. The number of phenols is 1. The van der Waals surface area contributed by atoms with Crippen LogP contribution in [0.15, 0.2) is 46.9 Å². The van der Waals surface area contributed by atoms with E-state index < -0.39 is 23.4 Å². The van der Waals surface area contributed by atoms with Gasteiger partial charge >= 0.3 is 12.1 Å². The Hall–Kier alpha value is -2.54. The maximum atomic E-state index is 11.8. The second kappa shape index (κ2) is 6.95. The van der Waals surface area contributed by atoms with Crippen molar-refractivity contribution in [3.05, 3.63) is 58.1 Å². The Labute approximate surface area is 134 Å². The monoisotopic (exact) mass is 365 g/mol. The zero-order chi connectivity index (χ0) is 16.1. The molecule has 0 atom stereocenters. The summed E-state index contributed by atoms with van der Waals surface area (Å²) in [6.07, 6.45) is -0.816. The Morgan fingerprint density at radius 1 is 1.18 bits per heavy atom. The van der Waals surface area contributed by atoms with Crippen LogP contribution in [0.1, 0.15) is 15.9 Å². The van der Waals surface area contributed by atoms with E-state index in [0.29, 0.717) is 4.47 Å². The molecule has 114 valence electrons. The molecule has 0 aromatic heterocycles. The highest BCUT2D eigenvalue weighted by atomic mass is 79.9. The molecule has 0 aliphatic heterocycles. The van der Waals surface area contributed by atoms with Gasteiger partial charge in [-0.1, -0.05) is 46.3 Å². The molecule has 2 aromatic carbocycles. The number of aromatic hydroxyl groups is 1. The number of amides is 1. The maximum Gasteiger partial charge on any atom is 0.411 e. The zero-order valence-electron chi connectivity index (χ0n) is 11.2. The number of anilines is 1. The minimum Gasteiger partial charge on any atom is -0.507 e. The van der Waals surface area contributed by atoms with Crippen molar-refractivity contribution in [2.24, 2.45) is 0 Å². The van der Waals surface area contributed by atoms with E-state index in [1.165, 1.54) is 12.1 Å². The summed E-state index contributed by atoms with van der Waals surface area (Å²) in [5, 5.41) is 21.1. The number of aromatic carboxylic acids is 1. The highest BCUT2D eigenvalue weighted by molar-refractivity contribution is 9.10. The average molecular weight is 366 g/mol. The summed E-state index contributed by atoms with van der Waals surface area (Å²) < 4.78 is 5.43. The van der Waals surface area contributed by atoms with Gasteiger partial charge in [-0.2, -0.15) is 0 Å². The highest BCUT2D eigenvalue weighted by Gasteiger charge is 2.18. The number of carbonyl (C=O) groups is 2. The molecule has 22 heavy (non-hydrogen) atoms. The minimum absolute atomic E-state index is 0.0507. The van der Waals surface area contributed by atoms with E-state index in [9.17, 15) is 14.7 Å². The number of hydrogen-bond donors (Lipinski definition) is 3. The Morgan fingerprint density at radius 2 is 1.86 bits per heavy atom. The van der Waals surface area contributed by atoms with Crippen LogP contribution in [-0.2, 0) is 11.3 Å². The number of hydrogen-bond acceptors (Lipinski definition) is 4. The first-order chi connectivity index (χ1) is 10.5. The number of halogens is 1. The third-order valence-electron chi connectivity index (χ3n) is 2.75. The fourth-order valence-corrected chi connectivity index (χ4v) is 2.23. The van der Waals surface area contributed by atoms with Crippen molar-refractivity contribution in [2.75, 3.05) is 5.32 Å². The van der Waals surface area contributed by atoms with Gasteiger partial charge in [0.1, 0.15) is 17.9 Å². The van der Waals surface area contributed by atoms with Crippen molar-refractivity contribution < 1.29 is 24.5 Å². The molecule has 0 saturated heterocycles. The molecule has 2 rings (SSSR count). The van der Waals surface area contributed by atoms with Gasteiger partial charge < -0.3 is 14.9 Å². The lowest BCUT2D eigenvalue weighted by Gasteiger charge is -2.11. The van der Waals surface area contributed by atoms with Crippen molar-refractivity contribution in [3.8, 4) is 5.75 Å². The van der Waals surface area contributed by atoms with Crippen LogP contribution in [0.5, 0.6) is 5.75 Å². The SMILES string of the molecule is O=C(Nc1cc(Br)cc(O)c1C(=O)O)OCc1ccccc1. The molecule has 0 saturated carbocycles. The van der Waals surface area contributed by atoms with Gasteiger partial charge in [-0.25, -0.2) is 9.59 Å². The first kappa shape index (κ1) is 15.8. The predicted octanol–water partition coefficient (Wildman–Crippen LogP) is 3.60. The second-order valence-electron chi connectivity index (χ2n) is 4.34. The number of carboxylic acid groups (broad SMARTS) is 1. The van der Waals surface area contributed by atoms with Crippen LogP contribution in [0, 0.1) is 0 Å². The number of carboxylic acids is 1. The molecule has 1 amide bonds. The van der Waals surface area contributed by atoms with E-state index in [2.05, 4.69) is 21.2 Å². The topological polar surface area (TPSA) is 95.9 Å². The minimum atomic E-state index is -1.36. The third kappa shape index (κ3) is 3.98. The largest absolute Gasteiger partial charge is 0.507 e. The third-order valence-corrected chi connectivity index (χ3v) is 3.20. The van der Waals surface area contributed by atoms with Crippen LogP contribution < -0.4 is 5.32 Å². The highest BCUT2D eigenvalue weighted by Crippen LogP contribution is 2.30. The standard InChI is InChI=1S/C15H12BrNO5/c16-10-6-11(13(14(19)20)12(18)7-10)17-15(21)22-8-9-4-2-1-3-5-9/h1-7,18H,8H2,(H,17,21)(H,19,20). The van der Waals surface area contributed by atoms with Crippen molar-refractivity contribution >= 4 is 33.7 Å². The van der Waals surface area contributed by atoms with E-state index in [-0.39, 0.29) is 12.3 Å². The quantitative estimate of drug-likeness (QED) is 0.769. The lowest BCUT2D eigenvalue weighted by atomic mass is 10.1. The summed E-state index contributed by atoms with van der Waals surface area (Å²) >= 11 is 3.12. The first-order valence-electron chi connectivity index (χ1n) is 6.21. The summed E-state index contributed by atoms with van der Waals surface area (Å²) in [6.45, 7) is 0.0507. The molecule has 0 unspecified atom stereocenters. The Bertz CT molecular complexity index is 703. The van der Waals surface area contributed by atoms with Crippen LogP contribution in [0.2, 0.25) is 0 Å². The van der Waals surface area contributed by atoms with Crippen LogP contribution in [-0.4, -0.2) is 22.3 Å². The predicted molar refractivity (Wildman–Crippen MR) is 83.0 cm³/mol. The smallest absolute Gasteiger partial charge is 0.411 e. The fraction of sp³-hybridized carbons (Fsp3) is 0.0667. The van der Waals surface area contributed by atoms with E-state index in [0.717, 1.165) is 5.56 Å². The van der Waals surface area contributed by atoms with Gasteiger partial charge in [-0.15, -0.1) is 0 Å². The summed E-state index contributed by atoms with van der Waals surface area (Å²) in [7, 11) is 0. The van der Waals surface area contributed by atoms with Crippen molar-refractivity contribution in [2.45, 2.75) is 6.61 Å². The van der Waals surface area contributed by atoms with Crippen LogP contribution >= 0.6 is 15.9 Å². The summed E-state index contributed by atoms with van der Waals surface area (Å²) in [5.41, 5.74) is 0.338. The molecule has 0 radical (unpaired) electrons. The molecule has 3 N–H and O–H groups in total. The molecular formula is C15H12BrNO5. The average Bonchev–Trinajstić information content (AvgIpc) is 2.45. The zero-order valence-corrected chi connectivity index (χ0v) is 12.8. The Morgan fingerprint density at radius 3 is 2.50 bits per heavy atom. The Balaban J connectivity index is 2.10. The molecule has 0 bridgehead atoms. The van der Waals surface area contributed by atoms with E-state index in [4.69, 9.17) is 9.84 Å². The van der Waals surface area contributed by atoms with Crippen molar-refractivity contribution in [1.29, 1.82) is 0 Å². The van der Waals surface area contributed by atoms with E-state index >= 15 is 0 Å². The summed E-state index contributed by atoms with van der Waals surface area (Å²) in [5.74, 6) is -1.82. The van der Waals surface area contributed by atoms with E-state index in [1.807, 2.05) is 18.2 Å². The number of rotatable bonds is 4. The number of nitrogens with one attached hydrogen (secondary N) is 1. The number of ether oxygens (including phenoxy) is 1. The number of carbonyl (C=O) groups excluding carboxylic acids is 1. The summed E-state index contributed by atoms with van der Waals surface area (Å²) in [4.78, 5) is 22.9. The molecule has 7 heteroatoms. The molecule has 0 spiro atoms. The van der Waals surface area contributed by atoms with Crippen LogP contribution in [0.25, 0.3) is 0 Å². The summed E-state index contributed by atoms with van der Waals surface area (Å²) in [6, 6.07) is 11.6. The second-order valence-corrected chi connectivity index (χ2v) is 5.26. The van der Waals surface area contributed by atoms with Gasteiger partial charge in [-0.05, 0) is 17.7 Å². The normalized spacial score (nSPS) is 10.0. The van der Waals surface area contributed by atoms with Gasteiger partial charge in [0.05, 0.1) is 5.69 Å². The number of benzene rings is 2. The Kier molecular flexibility index (Phi) is 5.00. The molecule has 0 aliphatic rings. The first-order valence-corrected chi connectivity index (χ1v) is 7.00. The van der Waals surface area contributed by atoms with Crippen molar-refractivity contribution in [1.82, 2.24) is 0 Å². The van der Waals surface area contributed by atoms with Crippen molar-refractivity contribution in [3.63, 3.8) is 0 Å². The maximum absolute atomic E-state index is 11.8. The van der Waals surface area contributed by atoms with Crippen LogP contribution in [0.4, 0.5) is 10.5 Å². The van der Waals surface area contributed by atoms with Crippen LogP contribution in [0.3, 0.4) is 0 Å². The molecule has 0 aliphatic carbocycles.